The van der Waals surface area contributed by atoms with Gasteiger partial charge in [-0.3, -0.25) is 4.79 Å². The summed E-state index contributed by atoms with van der Waals surface area (Å²) in [6.07, 6.45) is 0. The molecule has 1 aliphatic rings. The number of amides is 1. The summed E-state index contributed by atoms with van der Waals surface area (Å²) in [4.78, 5) is 14.4. The zero-order valence-electron chi connectivity index (χ0n) is 12.9. The zero-order chi connectivity index (χ0) is 15.8. The van der Waals surface area contributed by atoms with Crippen molar-refractivity contribution in [2.75, 3.05) is 13.1 Å². The van der Waals surface area contributed by atoms with Gasteiger partial charge in [0.25, 0.3) is 5.91 Å². The molecular weight excluding hydrogens is 274 g/mol. The normalized spacial score (nSPS) is 21.7. The molecule has 1 N–H and O–H groups in total. The second kappa shape index (κ2) is 5.72. The smallest absolute Gasteiger partial charge is 0.254 e. The maximum absolute atomic E-state index is 13.4. The summed E-state index contributed by atoms with van der Waals surface area (Å²) in [5.74, 6) is -1.89. The highest BCUT2D eigenvalue weighted by Crippen LogP contribution is 2.23. The fourth-order valence-corrected chi connectivity index (χ4v) is 2.70. The zero-order valence-corrected chi connectivity index (χ0v) is 12.9. The number of carbonyl (C=O) groups excluding carboxylic acids is 1. The summed E-state index contributed by atoms with van der Waals surface area (Å²) < 4.78 is 26.4. The molecule has 1 aromatic carbocycles. The Morgan fingerprint density at radius 3 is 2.57 bits per heavy atom. The van der Waals surface area contributed by atoms with E-state index in [1.807, 2.05) is 13.8 Å². The molecule has 1 aromatic rings. The van der Waals surface area contributed by atoms with Gasteiger partial charge in [0, 0.05) is 30.2 Å². The molecule has 1 fully saturated rings. The molecule has 0 spiro atoms. The van der Waals surface area contributed by atoms with Crippen molar-refractivity contribution in [3.8, 4) is 0 Å². The van der Waals surface area contributed by atoms with E-state index in [1.54, 1.807) is 4.90 Å². The SMILES string of the molecule is CC(C)C1CNC(C)(C)CN1C(=O)c1ccc(F)c(F)c1. The van der Waals surface area contributed by atoms with E-state index in [0.717, 1.165) is 12.1 Å². The fraction of sp³-hybridized carbons (Fsp3) is 0.562. The standard InChI is InChI=1S/C16H22F2N2O/c1-10(2)14-8-19-16(3,4)9-20(14)15(21)11-5-6-12(17)13(18)7-11/h5-7,10,14,19H,8-9H2,1-4H3. The minimum atomic E-state index is -0.989. The number of hydrogen-bond acceptors (Lipinski definition) is 2. The van der Waals surface area contributed by atoms with Crippen LogP contribution in [0.15, 0.2) is 18.2 Å². The van der Waals surface area contributed by atoms with Crippen LogP contribution in [0.25, 0.3) is 0 Å². The van der Waals surface area contributed by atoms with E-state index < -0.39 is 11.6 Å². The fourth-order valence-electron chi connectivity index (χ4n) is 2.70. The molecule has 0 aromatic heterocycles. The topological polar surface area (TPSA) is 32.3 Å². The number of nitrogens with one attached hydrogen (secondary N) is 1. The minimum absolute atomic E-state index is 0.0404. The van der Waals surface area contributed by atoms with Crippen molar-refractivity contribution in [3.05, 3.63) is 35.4 Å². The number of piperazine rings is 1. The second-order valence-corrected chi connectivity index (χ2v) is 6.64. The number of halogens is 2. The van der Waals surface area contributed by atoms with Gasteiger partial charge in [0.15, 0.2) is 11.6 Å². The number of hydrogen-bond donors (Lipinski definition) is 1. The molecule has 1 unspecified atom stereocenters. The van der Waals surface area contributed by atoms with Gasteiger partial charge in [-0.1, -0.05) is 13.8 Å². The first-order chi connectivity index (χ1) is 9.71. The summed E-state index contributed by atoms with van der Waals surface area (Å²) in [6, 6.07) is 3.36. The average molecular weight is 296 g/mol. The van der Waals surface area contributed by atoms with E-state index in [2.05, 4.69) is 19.2 Å². The highest BCUT2D eigenvalue weighted by Gasteiger charge is 2.37. The third kappa shape index (κ3) is 3.40. The highest BCUT2D eigenvalue weighted by atomic mass is 19.2. The Bertz CT molecular complexity index is 543. The van der Waals surface area contributed by atoms with Gasteiger partial charge in [-0.05, 0) is 38.0 Å². The van der Waals surface area contributed by atoms with Crippen LogP contribution in [0.2, 0.25) is 0 Å². The van der Waals surface area contributed by atoms with E-state index >= 15 is 0 Å². The average Bonchev–Trinajstić information content (AvgIpc) is 2.39. The van der Waals surface area contributed by atoms with Crippen molar-refractivity contribution >= 4 is 5.91 Å². The molecule has 1 saturated heterocycles. The van der Waals surface area contributed by atoms with E-state index in [-0.39, 0.29) is 29.0 Å². The number of benzene rings is 1. The van der Waals surface area contributed by atoms with Crippen molar-refractivity contribution in [2.45, 2.75) is 39.3 Å². The number of nitrogens with zero attached hydrogens (tertiary/aromatic N) is 1. The van der Waals surface area contributed by atoms with Gasteiger partial charge in [-0.15, -0.1) is 0 Å². The van der Waals surface area contributed by atoms with Crippen LogP contribution >= 0.6 is 0 Å². The highest BCUT2D eigenvalue weighted by molar-refractivity contribution is 5.94. The van der Waals surface area contributed by atoms with Gasteiger partial charge in [0.2, 0.25) is 0 Å². The van der Waals surface area contributed by atoms with Crippen molar-refractivity contribution in [3.63, 3.8) is 0 Å². The van der Waals surface area contributed by atoms with Crippen LogP contribution in [0.4, 0.5) is 8.78 Å². The Kier molecular flexibility index (Phi) is 4.33. The van der Waals surface area contributed by atoms with E-state index in [4.69, 9.17) is 0 Å². The maximum Gasteiger partial charge on any atom is 0.254 e. The van der Waals surface area contributed by atoms with E-state index in [0.29, 0.717) is 13.1 Å². The van der Waals surface area contributed by atoms with E-state index in [9.17, 15) is 13.6 Å². The predicted octanol–water partition coefficient (Wildman–Crippen LogP) is 2.81. The Morgan fingerprint density at radius 1 is 1.33 bits per heavy atom. The molecule has 1 heterocycles. The summed E-state index contributed by atoms with van der Waals surface area (Å²) in [7, 11) is 0. The predicted molar refractivity (Wildman–Crippen MR) is 78.1 cm³/mol. The van der Waals surface area contributed by atoms with Crippen molar-refractivity contribution in [1.29, 1.82) is 0 Å². The maximum atomic E-state index is 13.4. The number of carbonyl (C=O) groups is 1. The Hall–Kier alpha value is -1.49. The second-order valence-electron chi connectivity index (χ2n) is 6.64. The molecule has 0 saturated carbocycles. The van der Waals surface area contributed by atoms with Gasteiger partial charge in [0.1, 0.15) is 0 Å². The van der Waals surface area contributed by atoms with Gasteiger partial charge in [0.05, 0.1) is 0 Å². The molecular formula is C16H22F2N2O. The van der Waals surface area contributed by atoms with Gasteiger partial charge in [-0.25, -0.2) is 8.78 Å². The summed E-state index contributed by atoms with van der Waals surface area (Å²) >= 11 is 0. The largest absolute Gasteiger partial charge is 0.332 e. The third-order valence-corrected chi connectivity index (χ3v) is 3.95. The monoisotopic (exact) mass is 296 g/mol. The van der Waals surface area contributed by atoms with Crippen LogP contribution < -0.4 is 5.32 Å². The first kappa shape index (κ1) is 15.9. The van der Waals surface area contributed by atoms with Gasteiger partial charge < -0.3 is 10.2 Å². The van der Waals surface area contributed by atoms with E-state index in [1.165, 1.54) is 6.07 Å². The Labute approximate surface area is 124 Å². The van der Waals surface area contributed by atoms with Crippen LogP contribution in [-0.2, 0) is 0 Å². The Balaban J connectivity index is 2.30. The molecule has 5 heteroatoms. The number of rotatable bonds is 2. The molecule has 116 valence electrons. The van der Waals surface area contributed by atoms with Crippen LogP contribution in [0.3, 0.4) is 0 Å². The molecule has 0 bridgehead atoms. The van der Waals surface area contributed by atoms with Crippen LogP contribution in [0.1, 0.15) is 38.1 Å². The van der Waals surface area contributed by atoms with Gasteiger partial charge in [-0.2, -0.15) is 0 Å². The van der Waals surface area contributed by atoms with Crippen molar-refractivity contribution < 1.29 is 13.6 Å². The summed E-state index contributed by atoms with van der Waals surface area (Å²) in [5.41, 5.74) is -0.00292. The third-order valence-electron chi connectivity index (χ3n) is 3.95. The lowest BCUT2D eigenvalue weighted by atomic mass is 9.92. The van der Waals surface area contributed by atoms with Gasteiger partial charge >= 0.3 is 0 Å². The van der Waals surface area contributed by atoms with Crippen LogP contribution in [-0.4, -0.2) is 35.5 Å². The molecule has 0 aliphatic carbocycles. The summed E-state index contributed by atoms with van der Waals surface area (Å²) in [5, 5.41) is 3.42. The van der Waals surface area contributed by atoms with Crippen molar-refractivity contribution in [2.24, 2.45) is 5.92 Å². The quantitative estimate of drug-likeness (QED) is 0.910. The van der Waals surface area contributed by atoms with Crippen LogP contribution in [0, 0.1) is 17.6 Å². The lowest BCUT2D eigenvalue weighted by molar-refractivity contribution is 0.0417. The molecule has 1 aliphatic heterocycles. The molecule has 3 nitrogen and oxygen atoms in total. The molecule has 21 heavy (non-hydrogen) atoms. The molecule has 0 radical (unpaired) electrons. The molecule has 1 amide bonds. The first-order valence-corrected chi connectivity index (χ1v) is 7.22. The first-order valence-electron chi connectivity index (χ1n) is 7.22. The Morgan fingerprint density at radius 2 is 2.00 bits per heavy atom. The van der Waals surface area contributed by atoms with Crippen LogP contribution in [0.5, 0.6) is 0 Å². The minimum Gasteiger partial charge on any atom is -0.332 e. The molecule has 1 atom stereocenters. The lowest BCUT2D eigenvalue weighted by Crippen LogP contribution is -2.64. The molecule has 2 rings (SSSR count). The lowest BCUT2D eigenvalue weighted by Gasteiger charge is -2.46. The van der Waals surface area contributed by atoms with Crippen molar-refractivity contribution in [1.82, 2.24) is 10.2 Å². The summed E-state index contributed by atoms with van der Waals surface area (Å²) in [6.45, 7) is 9.38.